The summed E-state index contributed by atoms with van der Waals surface area (Å²) in [6.07, 6.45) is 24.2. The van der Waals surface area contributed by atoms with E-state index in [1.807, 2.05) is 0 Å². The Labute approximate surface area is 156 Å². The normalized spacial score (nSPS) is 10.3. The van der Waals surface area contributed by atoms with Crippen molar-refractivity contribution in [2.75, 3.05) is 19.6 Å². The van der Waals surface area contributed by atoms with E-state index in [2.05, 4.69) is 12.2 Å². The fourth-order valence-corrected chi connectivity index (χ4v) is 3.15. The predicted molar refractivity (Wildman–Crippen MR) is 111 cm³/mol. The van der Waals surface area contributed by atoms with Crippen molar-refractivity contribution < 1.29 is 9.41 Å². The van der Waals surface area contributed by atoms with Crippen LogP contribution in [0.15, 0.2) is 0 Å². The average molecular weight is 367 g/mol. The predicted octanol–water partition coefficient (Wildman–Crippen LogP) is 6.49. The zero-order valence-electron chi connectivity index (χ0n) is 17.0. The van der Waals surface area contributed by atoms with Gasteiger partial charge in [0.2, 0.25) is 0 Å². The monoisotopic (exact) mass is 366 g/mol. The van der Waals surface area contributed by atoms with Gasteiger partial charge in [0, 0.05) is 0 Å². The fourth-order valence-electron chi connectivity index (χ4n) is 3.15. The standard InChI is InChI=1S/C21H46N2.2FH/c1-2-3-4-5-6-7-8-9-10-11-12-13-14-15-16-17-20-23-21-18-19-22;;/h23H,2-22H2,1H3;2*1H. The molecule has 0 amide bonds. The number of nitrogens with two attached hydrogens (primary N) is 1. The molecule has 0 aromatic heterocycles. The lowest BCUT2D eigenvalue weighted by Crippen LogP contribution is -2.19. The Bertz CT molecular complexity index is 184. The van der Waals surface area contributed by atoms with Crippen molar-refractivity contribution >= 4 is 0 Å². The summed E-state index contributed by atoms with van der Waals surface area (Å²) in [5, 5.41) is 3.46. The molecule has 0 saturated heterocycles. The van der Waals surface area contributed by atoms with E-state index in [9.17, 15) is 0 Å². The number of halogens is 2. The van der Waals surface area contributed by atoms with Crippen molar-refractivity contribution in [3.8, 4) is 0 Å². The molecule has 0 aliphatic heterocycles. The van der Waals surface area contributed by atoms with Crippen LogP contribution in [0.2, 0.25) is 0 Å². The van der Waals surface area contributed by atoms with Gasteiger partial charge in [0.25, 0.3) is 0 Å². The molecule has 0 unspecified atom stereocenters. The highest BCUT2D eigenvalue weighted by molar-refractivity contribution is 4.52. The summed E-state index contributed by atoms with van der Waals surface area (Å²) < 4.78 is 0. The van der Waals surface area contributed by atoms with Crippen molar-refractivity contribution in [3.05, 3.63) is 0 Å². The minimum atomic E-state index is 0. The van der Waals surface area contributed by atoms with E-state index >= 15 is 0 Å². The first-order valence-corrected chi connectivity index (χ1v) is 10.8. The van der Waals surface area contributed by atoms with E-state index < -0.39 is 0 Å². The molecule has 2 nitrogen and oxygen atoms in total. The summed E-state index contributed by atoms with van der Waals surface area (Å²) in [5.74, 6) is 0. The van der Waals surface area contributed by atoms with Crippen molar-refractivity contribution in [1.29, 1.82) is 0 Å². The topological polar surface area (TPSA) is 38.0 Å². The fraction of sp³-hybridized carbons (Fsp3) is 1.00. The maximum Gasteiger partial charge on any atom is -0.00369 e. The SMILES string of the molecule is CCCCCCCCCCCCCCCCCCNCCCN.F.F. The van der Waals surface area contributed by atoms with Crippen LogP contribution in [0.5, 0.6) is 0 Å². The first-order chi connectivity index (χ1) is 11.4. The minimum absolute atomic E-state index is 0. The number of unbranched alkanes of at least 4 members (excludes halogenated alkanes) is 15. The molecule has 3 N–H and O–H groups in total. The van der Waals surface area contributed by atoms with Gasteiger partial charge in [0.1, 0.15) is 0 Å². The first-order valence-electron chi connectivity index (χ1n) is 10.8. The molecule has 25 heavy (non-hydrogen) atoms. The molecule has 0 fully saturated rings. The zero-order chi connectivity index (χ0) is 16.8. The first kappa shape index (κ1) is 29.5. The highest BCUT2D eigenvalue weighted by atomic mass is 19.0. The molecule has 0 atom stereocenters. The van der Waals surface area contributed by atoms with Crippen LogP contribution >= 0.6 is 0 Å². The third-order valence-electron chi connectivity index (χ3n) is 4.76. The maximum atomic E-state index is 5.47. The Morgan fingerprint density at radius 1 is 0.480 bits per heavy atom. The second-order valence-corrected chi connectivity index (χ2v) is 7.20. The quantitative estimate of drug-likeness (QED) is 0.242. The molecule has 0 aliphatic rings. The molecule has 156 valence electrons. The van der Waals surface area contributed by atoms with Crippen LogP contribution in [0.25, 0.3) is 0 Å². The Balaban J connectivity index is -0.00000242. The molecular weight excluding hydrogens is 318 g/mol. The van der Waals surface area contributed by atoms with Gasteiger partial charge in [-0.15, -0.1) is 0 Å². The van der Waals surface area contributed by atoms with Crippen LogP contribution in [-0.4, -0.2) is 19.6 Å². The number of rotatable bonds is 20. The van der Waals surface area contributed by atoms with Crippen molar-refractivity contribution in [2.45, 2.75) is 116 Å². The van der Waals surface area contributed by atoms with Gasteiger partial charge in [-0.2, -0.15) is 0 Å². The lowest BCUT2D eigenvalue weighted by Gasteiger charge is -2.04. The van der Waals surface area contributed by atoms with Crippen LogP contribution in [0.3, 0.4) is 0 Å². The highest BCUT2D eigenvalue weighted by Crippen LogP contribution is 2.13. The molecule has 0 aliphatic carbocycles. The summed E-state index contributed by atoms with van der Waals surface area (Å²) in [4.78, 5) is 0. The van der Waals surface area contributed by atoms with Crippen molar-refractivity contribution in [1.82, 2.24) is 5.32 Å². The highest BCUT2D eigenvalue weighted by Gasteiger charge is 1.94. The van der Waals surface area contributed by atoms with Crippen LogP contribution in [0.4, 0.5) is 9.41 Å². The van der Waals surface area contributed by atoms with Gasteiger partial charge in [-0.1, -0.05) is 103 Å². The largest absolute Gasteiger partial charge is 0.330 e. The zero-order valence-corrected chi connectivity index (χ0v) is 17.0. The summed E-state index contributed by atoms with van der Waals surface area (Å²) in [6, 6.07) is 0. The molecule has 0 radical (unpaired) electrons. The van der Waals surface area contributed by atoms with E-state index in [-0.39, 0.29) is 9.41 Å². The van der Waals surface area contributed by atoms with E-state index in [0.29, 0.717) is 0 Å². The molecule has 0 saturated carbocycles. The third kappa shape index (κ3) is 28.8. The lowest BCUT2D eigenvalue weighted by atomic mass is 10.0. The average Bonchev–Trinajstić information content (AvgIpc) is 2.57. The third-order valence-corrected chi connectivity index (χ3v) is 4.76. The molecule has 0 rings (SSSR count). The van der Waals surface area contributed by atoms with Crippen molar-refractivity contribution in [3.63, 3.8) is 0 Å². The summed E-state index contributed by atoms with van der Waals surface area (Å²) in [7, 11) is 0. The van der Waals surface area contributed by atoms with E-state index in [4.69, 9.17) is 5.73 Å². The maximum absolute atomic E-state index is 5.47. The Kier molecular flexibility index (Phi) is 33.8. The lowest BCUT2D eigenvalue weighted by molar-refractivity contribution is 0.524. The molecule has 0 aromatic rings. The molecular formula is C21H48F2N2. The second-order valence-electron chi connectivity index (χ2n) is 7.20. The van der Waals surface area contributed by atoms with Crippen LogP contribution in [-0.2, 0) is 0 Å². The molecule has 0 heterocycles. The van der Waals surface area contributed by atoms with E-state index in [1.165, 1.54) is 109 Å². The van der Waals surface area contributed by atoms with Gasteiger partial charge in [0.15, 0.2) is 0 Å². The van der Waals surface area contributed by atoms with Gasteiger partial charge < -0.3 is 11.1 Å². The smallest absolute Gasteiger partial charge is 0.00369 e. The molecule has 0 aromatic carbocycles. The van der Waals surface area contributed by atoms with Crippen LogP contribution in [0.1, 0.15) is 116 Å². The Morgan fingerprint density at radius 2 is 0.800 bits per heavy atom. The summed E-state index contributed by atoms with van der Waals surface area (Å²) in [5.41, 5.74) is 5.47. The van der Waals surface area contributed by atoms with Gasteiger partial charge in [-0.3, -0.25) is 9.41 Å². The van der Waals surface area contributed by atoms with E-state index in [1.54, 1.807) is 0 Å². The summed E-state index contributed by atoms with van der Waals surface area (Å²) >= 11 is 0. The molecule has 0 spiro atoms. The molecule has 0 bridgehead atoms. The van der Waals surface area contributed by atoms with Gasteiger partial charge in [-0.25, -0.2) is 0 Å². The minimum Gasteiger partial charge on any atom is -0.330 e. The van der Waals surface area contributed by atoms with E-state index in [0.717, 1.165) is 19.5 Å². The number of hydrogen-bond donors (Lipinski definition) is 2. The number of nitrogens with one attached hydrogen (secondary N) is 1. The second kappa shape index (κ2) is 28.6. The Morgan fingerprint density at radius 3 is 1.16 bits per heavy atom. The number of hydrogen-bond acceptors (Lipinski definition) is 2. The van der Waals surface area contributed by atoms with Crippen LogP contribution < -0.4 is 11.1 Å². The Hall–Kier alpha value is -0.220. The van der Waals surface area contributed by atoms with Gasteiger partial charge in [0.05, 0.1) is 0 Å². The van der Waals surface area contributed by atoms with Gasteiger partial charge in [-0.05, 0) is 32.5 Å². The summed E-state index contributed by atoms with van der Waals surface area (Å²) in [6.45, 7) is 5.38. The molecule has 4 heteroatoms. The van der Waals surface area contributed by atoms with Crippen LogP contribution in [0, 0.1) is 0 Å². The van der Waals surface area contributed by atoms with Gasteiger partial charge >= 0.3 is 0 Å². The van der Waals surface area contributed by atoms with Crippen molar-refractivity contribution in [2.24, 2.45) is 5.73 Å².